The van der Waals surface area contributed by atoms with E-state index in [1.807, 2.05) is 6.92 Å². The van der Waals surface area contributed by atoms with Crippen molar-refractivity contribution in [2.45, 2.75) is 33.7 Å². The van der Waals surface area contributed by atoms with E-state index in [1.54, 1.807) is 6.92 Å². The Morgan fingerprint density at radius 1 is 1.16 bits per heavy atom. The summed E-state index contributed by atoms with van der Waals surface area (Å²) in [5.41, 5.74) is 4.06. The highest BCUT2D eigenvalue weighted by atomic mass is 16.1. The molecule has 0 aromatic heterocycles. The molecule has 1 atom stereocenters. The molecule has 0 aliphatic carbocycles. The van der Waals surface area contributed by atoms with Gasteiger partial charge in [0.05, 0.1) is 6.04 Å². The molecule has 0 N–H and O–H groups in total. The second-order valence-electron chi connectivity index (χ2n) is 5.53. The lowest BCUT2D eigenvalue weighted by molar-refractivity contribution is -0.121. The Kier molecular flexibility index (Phi) is 4.25. The van der Waals surface area contributed by atoms with Crippen LogP contribution in [0.3, 0.4) is 0 Å². The summed E-state index contributed by atoms with van der Waals surface area (Å²) in [5, 5.41) is 0. The van der Waals surface area contributed by atoms with E-state index in [0.29, 0.717) is 0 Å². The fourth-order valence-electron chi connectivity index (χ4n) is 2.69. The van der Waals surface area contributed by atoms with Gasteiger partial charge < -0.3 is 4.90 Å². The van der Waals surface area contributed by atoms with E-state index in [2.05, 4.69) is 41.8 Å². The predicted molar refractivity (Wildman–Crippen MR) is 79.8 cm³/mol. The molecule has 1 saturated heterocycles. The average Bonchev–Trinajstić information content (AvgIpc) is 2.41. The number of piperazine rings is 1. The summed E-state index contributed by atoms with van der Waals surface area (Å²) < 4.78 is 0. The van der Waals surface area contributed by atoms with Gasteiger partial charge in [-0.3, -0.25) is 9.69 Å². The maximum atomic E-state index is 11.4. The monoisotopic (exact) mass is 260 g/mol. The maximum absolute atomic E-state index is 11.4. The van der Waals surface area contributed by atoms with Crippen molar-refractivity contribution in [2.24, 2.45) is 0 Å². The average molecular weight is 260 g/mol. The molecule has 19 heavy (non-hydrogen) atoms. The first-order chi connectivity index (χ1) is 9.00. The van der Waals surface area contributed by atoms with Crippen LogP contribution in [0.2, 0.25) is 0 Å². The SMILES string of the molecule is CC(=O)C(C)N1CCN(c2cccc(C)c2C)CC1. The molecule has 1 heterocycles. The Balaban J connectivity index is 2.04. The van der Waals surface area contributed by atoms with E-state index >= 15 is 0 Å². The summed E-state index contributed by atoms with van der Waals surface area (Å²) in [6.07, 6.45) is 0. The molecule has 3 nitrogen and oxygen atoms in total. The van der Waals surface area contributed by atoms with Gasteiger partial charge in [0.15, 0.2) is 0 Å². The number of carbonyl (C=O) groups excluding carboxylic acids is 1. The van der Waals surface area contributed by atoms with Crippen LogP contribution < -0.4 is 4.90 Å². The molecule has 1 aromatic carbocycles. The second-order valence-corrected chi connectivity index (χ2v) is 5.53. The fourth-order valence-corrected chi connectivity index (χ4v) is 2.69. The van der Waals surface area contributed by atoms with Crippen LogP contribution in [0.5, 0.6) is 0 Å². The standard InChI is InChI=1S/C16H24N2O/c1-12-6-5-7-16(13(12)2)18-10-8-17(9-11-18)14(3)15(4)19/h5-7,14H,8-11H2,1-4H3. The first-order valence-corrected chi connectivity index (χ1v) is 7.06. The van der Waals surface area contributed by atoms with E-state index in [0.717, 1.165) is 26.2 Å². The highest BCUT2D eigenvalue weighted by Crippen LogP contribution is 2.24. The number of Topliss-reactive ketones (excluding diaryl/α,β-unsaturated/α-hetero) is 1. The van der Waals surface area contributed by atoms with Crippen molar-refractivity contribution >= 4 is 11.5 Å². The van der Waals surface area contributed by atoms with Gasteiger partial charge in [-0.15, -0.1) is 0 Å². The van der Waals surface area contributed by atoms with Crippen molar-refractivity contribution in [3.63, 3.8) is 0 Å². The van der Waals surface area contributed by atoms with Crippen molar-refractivity contribution in [2.75, 3.05) is 31.1 Å². The minimum absolute atomic E-state index is 0.0563. The van der Waals surface area contributed by atoms with Gasteiger partial charge in [0, 0.05) is 31.9 Å². The number of anilines is 1. The van der Waals surface area contributed by atoms with Crippen molar-refractivity contribution in [3.05, 3.63) is 29.3 Å². The lowest BCUT2D eigenvalue weighted by Gasteiger charge is -2.39. The molecular formula is C16H24N2O. The minimum Gasteiger partial charge on any atom is -0.369 e. The van der Waals surface area contributed by atoms with Crippen molar-refractivity contribution in [3.8, 4) is 0 Å². The smallest absolute Gasteiger partial charge is 0.146 e. The number of nitrogens with zero attached hydrogens (tertiary/aromatic N) is 2. The minimum atomic E-state index is 0.0563. The van der Waals surface area contributed by atoms with Crippen molar-refractivity contribution in [1.82, 2.24) is 4.90 Å². The lowest BCUT2D eigenvalue weighted by Crippen LogP contribution is -2.51. The van der Waals surface area contributed by atoms with Crippen LogP contribution in [-0.2, 0) is 4.79 Å². The quantitative estimate of drug-likeness (QED) is 0.834. The normalized spacial score (nSPS) is 18.4. The van der Waals surface area contributed by atoms with E-state index < -0.39 is 0 Å². The zero-order chi connectivity index (χ0) is 14.0. The number of aryl methyl sites for hydroxylation is 1. The molecule has 1 fully saturated rings. The molecule has 1 aliphatic heterocycles. The van der Waals surface area contributed by atoms with Crippen molar-refractivity contribution in [1.29, 1.82) is 0 Å². The fraction of sp³-hybridized carbons (Fsp3) is 0.562. The molecule has 0 amide bonds. The van der Waals surface area contributed by atoms with Crippen LogP contribution in [0.1, 0.15) is 25.0 Å². The molecule has 1 unspecified atom stereocenters. The lowest BCUT2D eigenvalue weighted by atomic mass is 10.1. The van der Waals surface area contributed by atoms with E-state index in [1.165, 1.54) is 16.8 Å². The Hall–Kier alpha value is -1.35. The van der Waals surface area contributed by atoms with Crippen LogP contribution in [-0.4, -0.2) is 42.9 Å². The Bertz CT molecular complexity index is 462. The highest BCUT2D eigenvalue weighted by molar-refractivity contribution is 5.81. The van der Waals surface area contributed by atoms with Gasteiger partial charge >= 0.3 is 0 Å². The van der Waals surface area contributed by atoms with Crippen LogP contribution >= 0.6 is 0 Å². The predicted octanol–water partition coefficient (Wildman–Crippen LogP) is 2.40. The Morgan fingerprint density at radius 3 is 2.37 bits per heavy atom. The summed E-state index contributed by atoms with van der Waals surface area (Å²) in [6, 6.07) is 6.54. The summed E-state index contributed by atoms with van der Waals surface area (Å²) >= 11 is 0. The van der Waals surface area contributed by atoms with Gasteiger partial charge in [-0.25, -0.2) is 0 Å². The highest BCUT2D eigenvalue weighted by Gasteiger charge is 2.24. The number of carbonyl (C=O) groups is 1. The third-order valence-electron chi connectivity index (χ3n) is 4.37. The molecule has 0 spiro atoms. The largest absolute Gasteiger partial charge is 0.369 e. The molecule has 0 bridgehead atoms. The van der Waals surface area contributed by atoms with Crippen molar-refractivity contribution < 1.29 is 4.79 Å². The van der Waals surface area contributed by atoms with Crippen LogP contribution in [0, 0.1) is 13.8 Å². The molecular weight excluding hydrogens is 236 g/mol. The molecule has 1 aliphatic rings. The van der Waals surface area contributed by atoms with Gasteiger partial charge in [-0.1, -0.05) is 12.1 Å². The summed E-state index contributed by atoms with van der Waals surface area (Å²) in [7, 11) is 0. The van der Waals surface area contributed by atoms with Gasteiger partial charge in [-0.05, 0) is 44.9 Å². The summed E-state index contributed by atoms with van der Waals surface area (Å²) in [5.74, 6) is 0.264. The third kappa shape index (κ3) is 2.98. The summed E-state index contributed by atoms with van der Waals surface area (Å²) in [6.45, 7) is 12.0. The Morgan fingerprint density at radius 2 is 1.79 bits per heavy atom. The zero-order valence-corrected chi connectivity index (χ0v) is 12.4. The zero-order valence-electron chi connectivity index (χ0n) is 12.4. The molecule has 0 saturated carbocycles. The van der Waals surface area contributed by atoms with E-state index in [-0.39, 0.29) is 11.8 Å². The number of hydrogen-bond acceptors (Lipinski definition) is 3. The molecule has 104 valence electrons. The third-order valence-corrected chi connectivity index (χ3v) is 4.37. The van der Waals surface area contributed by atoms with E-state index in [4.69, 9.17) is 0 Å². The van der Waals surface area contributed by atoms with E-state index in [9.17, 15) is 4.79 Å². The van der Waals surface area contributed by atoms with Crippen LogP contribution in [0.4, 0.5) is 5.69 Å². The van der Waals surface area contributed by atoms with Gasteiger partial charge in [0.2, 0.25) is 0 Å². The van der Waals surface area contributed by atoms with Crippen LogP contribution in [0.25, 0.3) is 0 Å². The number of benzene rings is 1. The van der Waals surface area contributed by atoms with Crippen LogP contribution in [0.15, 0.2) is 18.2 Å². The molecule has 1 aromatic rings. The van der Waals surface area contributed by atoms with Gasteiger partial charge in [0.25, 0.3) is 0 Å². The maximum Gasteiger partial charge on any atom is 0.146 e. The molecule has 0 radical (unpaired) electrons. The van der Waals surface area contributed by atoms with Gasteiger partial charge in [0.1, 0.15) is 5.78 Å². The van der Waals surface area contributed by atoms with Gasteiger partial charge in [-0.2, -0.15) is 0 Å². The number of hydrogen-bond donors (Lipinski definition) is 0. The first kappa shape index (κ1) is 14.1. The topological polar surface area (TPSA) is 23.6 Å². The second kappa shape index (κ2) is 5.74. The number of ketones is 1. The Labute approximate surface area is 116 Å². The first-order valence-electron chi connectivity index (χ1n) is 7.06. The number of rotatable bonds is 3. The molecule has 2 rings (SSSR count). The summed E-state index contributed by atoms with van der Waals surface area (Å²) in [4.78, 5) is 16.2. The molecule has 3 heteroatoms.